The molecule has 0 aliphatic rings. The summed E-state index contributed by atoms with van der Waals surface area (Å²) in [6.45, 7) is 3.60. The van der Waals surface area contributed by atoms with Crippen molar-refractivity contribution >= 4 is 11.8 Å². The van der Waals surface area contributed by atoms with Gasteiger partial charge in [-0.25, -0.2) is 0 Å². The van der Waals surface area contributed by atoms with Crippen LogP contribution in [-0.4, -0.2) is 17.9 Å². The zero-order valence-electron chi connectivity index (χ0n) is 8.24. The first-order valence-corrected chi connectivity index (χ1v) is 4.59. The van der Waals surface area contributed by atoms with Crippen LogP contribution in [0.5, 0.6) is 0 Å². The van der Waals surface area contributed by atoms with Crippen LogP contribution in [0.3, 0.4) is 0 Å². The van der Waals surface area contributed by atoms with Crippen molar-refractivity contribution in [3.05, 3.63) is 6.92 Å². The highest BCUT2D eigenvalue weighted by molar-refractivity contribution is 5.78. The Morgan fingerprint density at radius 2 is 1.71 bits per heavy atom. The van der Waals surface area contributed by atoms with Crippen LogP contribution >= 0.6 is 0 Å². The van der Waals surface area contributed by atoms with Gasteiger partial charge in [0.1, 0.15) is 0 Å². The Bertz CT molecular complexity index is 204. The summed E-state index contributed by atoms with van der Waals surface area (Å²) in [5.41, 5.74) is 15.6. The molecule has 0 aromatic rings. The van der Waals surface area contributed by atoms with Gasteiger partial charge in [0.15, 0.2) is 0 Å². The van der Waals surface area contributed by atoms with E-state index in [0.717, 1.165) is 0 Å². The second-order valence-electron chi connectivity index (χ2n) is 3.44. The molecule has 5 nitrogen and oxygen atoms in total. The Morgan fingerprint density at radius 3 is 2.07 bits per heavy atom. The van der Waals surface area contributed by atoms with Gasteiger partial charge in [-0.1, -0.05) is 0 Å². The molecule has 0 aliphatic heterocycles. The molecule has 0 aliphatic carbocycles. The molecule has 2 amide bonds. The van der Waals surface area contributed by atoms with Crippen LogP contribution < -0.4 is 17.2 Å². The maximum Gasteiger partial charge on any atom is 0.220 e. The second-order valence-corrected chi connectivity index (χ2v) is 3.44. The lowest BCUT2D eigenvalue weighted by molar-refractivity contribution is -0.122. The SMILES string of the molecule is [CH2]C(N)CCC(CCC(N)=O)C(N)=O. The Balaban J connectivity index is 3.90. The average Bonchev–Trinajstić information content (AvgIpc) is 2.02. The number of nitrogens with two attached hydrogens (primary N) is 3. The number of carbonyl (C=O) groups is 2. The van der Waals surface area contributed by atoms with E-state index in [-0.39, 0.29) is 18.4 Å². The summed E-state index contributed by atoms with van der Waals surface area (Å²) in [5.74, 6) is -1.16. The average molecular weight is 200 g/mol. The van der Waals surface area contributed by atoms with Crippen molar-refractivity contribution in [3.8, 4) is 0 Å². The van der Waals surface area contributed by atoms with Gasteiger partial charge in [-0.15, -0.1) is 0 Å². The molecule has 0 fully saturated rings. The fourth-order valence-electron chi connectivity index (χ4n) is 1.16. The first kappa shape index (κ1) is 12.9. The fourth-order valence-corrected chi connectivity index (χ4v) is 1.16. The predicted octanol–water partition coefficient (Wildman–Crippen LogP) is -0.705. The molecule has 0 aromatic heterocycles. The first-order valence-electron chi connectivity index (χ1n) is 4.59. The van der Waals surface area contributed by atoms with Crippen molar-refractivity contribution in [2.24, 2.45) is 23.1 Å². The van der Waals surface area contributed by atoms with Gasteiger partial charge in [-0.2, -0.15) is 0 Å². The Morgan fingerprint density at radius 1 is 1.14 bits per heavy atom. The van der Waals surface area contributed by atoms with Crippen molar-refractivity contribution < 1.29 is 9.59 Å². The van der Waals surface area contributed by atoms with Gasteiger partial charge in [0.25, 0.3) is 0 Å². The molecule has 6 N–H and O–H groups in total. The lowest BCUT2D eigenvalue weighted by Crippen LogP contribution is -2.27. The maximum absolute atomic E-state index is 10.9. The molecule has 0 saturated carbocycles. The molecule has 0 rings (SSSR count). The molecule has 1 radical (unpaired) electrons. The number of carbonyl (C=O) groups excluding carboxylic acids is 2. The van der Waals surface area contributed by atoms with E-state index in [9.17, 15) is 9.59 Å². The third kappa shape index (κ3) is 6.42. The number of rotatable bonds is 7. The molecule has 2 atom stereocenters. The minimum absolute atomic E-state index is 0.181. The van der Waals surface area contributed by atoms with Gasteiger partial charge < -0.3 is 17.2 Å². The van der Waals surface area contributed by atoms with E-state index >= 15 is 0 Å². The van der Waals surface area contributed by atoms with Crippen LogP contribution in [0, 0.1) is 12.8 Å². The maximum atomic E-state index is 10.9. The topological polar surface area (TPSA) is 112 Å². The summed E-state index contributed by atoms with van der Waals surface area (Å²) >= 11 is 0. The van der Waals surface area contributed by atoms with Crippen LogP contribution in [0.1, 0.15) is 25.7 Å². The van der Waals surface area contributed by atoms with E-state index in [4.69, 9.17) is 17.2 Å². The monoisotopic (exact) mass is 200 g/mol. The Labute approximate surface area is 84.0 Å². The number of hydrogen-bond acceptors (Lipinski definition) is 3. The molecular weight excluding hydrogens is 182 g/mol. The normalized spacial score (nSPS) is 14.7. The van der Waals surface area contributed by atoms with Crippen molar-refractivity contribution in [2.75, 3.05) is 0 Å². The molecule has 81 valence electrons. The zero-order chi connectivity index (χ0) is 11.1. The molecule has 2 unspecified atom stereocenters. The van der Waals surface area contributed by atoms with Crippen molar-refractivity contribution in [3.63, 3.8) is 0 Å². The van der Waals surface area contributed by atoms with Gasteiger partial charge in [0.2, 0.25) is 11.8 Å². The second kappa shape index (κ2) is 6.37. The molecule has 0 saturated heterocycles. The standard InChI is InChI=1S/C9H18N3O2/c1-6(10)2-3-7(9(12)14)4-5-8(11)13/h6-7H,1-5,10H2,(H2,11,13)(H2,12,14). The Hall–Kier alpha value is -1.10. The van der Waals surface area contributed by atoms with E-state index in [0.29, 0.717) is 19.3 Å². The highest BCUT2D eigenvalue weighted by Gasteiger charge is 2.16. The van der Waals surface area contributed by atoms with Gasteiger partial charge in [0.05, 0.1) is 0 Å². The van der Waals surface area contributed by atoms with Crippen molar-refractivity contribution in [2.45, 2.75) is 31.7 Å². The molecule has 0 bridgehead atoms. The quantitative estimate of drug-likeness (QED) is 0.504. The van der Waals surface area contributed by atoms with E-state index in [1.165, 1.54) is 0 Å². The molecule has 0 heterocycles. The summed E-state index contributed by atoms with van der Waals surface area (Å²) in [6.07, 6.45) is 1.76. The third-order valence-electron chi connectivity index (χ3n) is 2.03. The first-order chi connectivity index (χ1) is 6.43. The number of hydrogen-bond donors (Lipinski definition) is 3. The molecule has 5 heteroatoms. The third-order valence-corrected chi connectivity index (χ3v) is 2.03. The lowest BCUT2D eigenvalue weighted by Gasteiger charge is -2.13. The van der Waals surface area contributed by atoms with E-state index in [1.807, 2.05) is 0 Å². The van der Waals surface area contributed by atoms with Crippen molar-refractivity contribution in [1.29, 1.82) is 0 Å². The molecular formula is C9H18N3O2. The minimum Gasteiger partial charge on any atom is -0.370 e. The van der Waals surface area contributed by atoms with Crippen LogP contribution in [0.25, 0.3) is 0 Å². The summed E-state index contributed by atoms with van der Waals surface area (Å²) in [4.78, 5) is 21.4. The number of primary amides is 2. The smallest absolute Gasteiger partial charge is 0.220 e. The van der Waals surface area contributed by atoms with Crippen LogP contribution in [0.4, 0.5) is 0 Å². The molecule has 14 heavy (non-hydrogen) atoms. The van der Waals surface area contributed by atoms with E-state index in [2.05, 4.69) is 6.92 Å². The summed E-state index contributed by atoms with van der Waals surface area (Å²) in [6, 6.07) is -0.203. The fraction of sp³-hybridized carbons (Fsp3) is 0.667. The highest BCUT2D eigenvalue weighted by Crippen LogP contribution is 2.13. The minimum atomic E-state index is -0.421. The van der Waals surface area contributed by atoms with Gasteiger partial charge >= 0.3 is 0 Å². The summed E-state index contributed by atoms with van der Waals surface area (Å²) < 4.78 is 0. The van der Waals surface area contributed by atoms with Gasteiger partial charge in [0, 0.05) is 18.4 Å². The summed E-state index contributed by atoms with van der Waals surface area (Å²) in [7, 11) is 0. The van der Waals surface area contributed by atoms with Crippen LogP contribution in [0.15, 0.2) is 0 Å². The Kier molecular flexibility index (Phi) is 5.87. The van der Waals surface area contributed by atoms with Crippen molar-refractivity contribution in [1.82, 2.24) is 0 Å². The summed E-state index contributed by atoms with van der Waals surface area (Å²) in [5, 5.41) is 0. The highest BCUT2D eigenvalue weighted by atomic mass is 16.1. The van der Waals surface area contributed by atoms with E-state index < -0.39 is 11.8 Å². The van der Waals surface area contributed by atoms with E-state index in [1.54, 1.807) is 0 Å². The largest absolute Gasteiger partial charge is 0.370 e. The molecule has 0 spiro atoms. The molecule has 0 aromatic carbocycles. The van der Waals surface area contributed by atoms with Crippen LogP contribution in [-0.2, 0) is 9.59 Å². The predicted molar refractivity (Wildman–Crippen MR) is 53.7 cm³/mol. The lowest BCUT2D eigenvalue weighted by atomic mass is 9.95. The number of amides is 2. The zero-order valence-corrected chi connectivity index (χ0v) is 8.24. The van der Waals surface area contributed by atoms with Gasteiger partial charge in [-0.05, 0) is 26.2 Å². The van der Waals surface area contributed by atoms with Crippen LogP contribution in [0.2, 0.25) is 0 Å². The van der Waals surface area contributed by atoms with Gasteiger partial charge in [-0.3, -0.25) is 9.59 Å².